The number of pyridine rings is 1. The highest BCUT2D eigenvalue weighted by Crippen LogP contribution is 2.42. The summed E-state index contributed by atoms with van der Waals surface area (Å²) in [6.07, 6.45) is 4.14. The Kier molecular flexibility index (Phi) is 6.13. The zero-order chi connectivity index (χ0) is 22.9. The van der Waals surface area contributed by atoms with E-state index in [-0.39, 0.29) is 10.9 Å². The van der Waals surface area contributed by atoms with Gasteiger partial charge in [0.25, 0.3) is 0 Å². The van der Waals surface area contributed by atoms with Crippen LogP contribution in [0.4, 0.5) is 8.78 Å². The van der Waals surface area contributed by atoms with Gasteiger partial charge in [-0.2, -0.15) is 5.26 Å². The van der Waals surface area contributed by atoms with E-state index in [9.17, 15) is 22.5 Å². The molecule has 0 bridgehead atoms. The fourth-order valence-corrected chi connectivity index (χ4v) is 5.02. The third-order valence-corrected chi connectivity index (χ3v) is 7.25. The van der Waals surface area contributed by atoms with E-state index in [2.05, 4.69) is 15.6 Å². The molecule has 2 heterocycles. The fourth-order valence-electron chi connectivity index (χ4n) is 3.88. The van der Waals surface area contributed by atoms with Crippen LogP contribution in [0.25, 0.3) is 22.3 Å². The van der Waals surface area contributed by atoms with Gasteiger partial charge in [0.2, 0.25) is 10.0 Å². The number of fused-ring (bicyclic) bond motifs is 1. The molecule has 2 aromatic heterocycles. The molecule has 0 spiro atoms. The molecule has 3 aromatic rings. The molecule has 0 unspecified atom stereocenters. The zero-order valence-electron chi connectivity index (χ0n) is 17.4. The molecule has 32 heavy (non-hydrogen) atoms. The SMILES string of the molecule is COc1ccc2c(C#N)c(-c3ccc(S(=O)(=O)NC(CF)CF)cn3)n(C3CCC3)c2c1. The third kappa shape index (κ3) is 3.82. The highest BCUT2D eigenvalue weighted by Gasteiger charge is 2.29. The second-order valence-corrected chi connectivity index (χ2v) is 9.39. The van der Waals surface area contributed by atoms with Gasteiger partial charge in [-0.3, -0.25) is 4.98 Å². The van der Waals surface area contributed by atoms with Crippen molar-refractivity contribution in [3.05, 3.63) is 42.1 Å². The molecule has 1 fully saturated rings. The maximum atomic E-state index is 12.8. The minimum Gasteiger partial charge on any atom is -0.497 e. The van der Waals surface area contributed by atoms with Crippen LogP contribution in [-0.2, 0) is 10.0 Å². The summed E-state index contributed by atoms with van der Waals surface area (Å²) in [6.45, 7) is -2.31. The van der Waals surface area contributed by atoms with E-state index in [1.165, 1.54) is 12.1 Å². The maximum absolute atomic E-state index is 12.8. The first-order chi connectivity index (χ1) is 15.4. The van der Waals surface area contributed by atoms with Crippen molar-refractivity contribution in [1.29, 1.82) is 5.26 Å². The Morgan fingerprint density at radius 3 is 2.56 bits per heavy atom. The Labute approximate surface area is 184 Å². The first-order valence-corrected chi connectivity index (χ1v) is 11.6. The van der Waals surface area contributed by atoms with E-state index >= 15 is 0 Å². The van der Waals surface area contributed by atoms with Crippen molar-refractivity contribution in [2.24, 2.45) is 0 Å². The van der Waals surface area contributed by atoms with Crippen molar-refractivity contribution in [3.8, 4) is 23.2 Å². The topological polar surface area (TPSA) is 97.0 Å². The molecular formula is C22H22F2N4O3S. The van der Waals surface area contributed by atoms with Crippen LogP contribution in [0.1, 0.15) is 30.9 Å². The lowest BCUT2D eigenvalue weighted by Crippen LogP contribution is -2.37. The van der Waals surface area contributed by atoms with Gasteiger partial charge in [0, 0.05) is 23.7 Å². The van der Waals surface area contributed by atoms with Crippen molar-refractivity contribution in [3.63, 3.8) is 0 Å². The minimum atomic E-state index is -4.13. The largest absolute Gasteiger partial charge is 0.497 e. The van der Waals surface area contributed by atoms with E-state index in [0.717, 1.165) is 36.4 Å². The Balaban J connectivity index is 1.82. The van der Waals surface area contributed by atoms with Gasteiger partial charge in [0.1, 0.15) is 30.1 Å². The number of rotatable bonds is 8. The molecule has 1 aromatic carbocycles. The number of hydrogen-bond acceptors (Lipinski definition) is 5. The van der Waals surface area contributed by atoms with Gasteiger partial charge < -0.3 is 9.30 Å². The third-order valence-electron chi connectivity index (χ3n) is 5.75. The normalized spacial score (nSPS) is 14.5. The molecular weight excluding hydrogens is 438 g/mol. The van der Waals surface area contributed by atoms with Gasteiger partial charge in [0.15, 0.2) is 0 Å². The van der Waals surface area contributed by atoms with E-state index in [0.29, 0.717) is 22.7 Å². The summed E-state index contributed by atoms with van der Waals surface area (Å²) in [7, 11) is -2.55. The van der Waals surface area contributed by atoms with E-state index in [1.54, 1.807) is 13.2 Å². The Morgan fingerprint density at radius 1 is 1.28 bits per heavy atom. The number of methoxy groups -OCH3 is 1. The van der Waals surface area contributed by atoms with Gasteiger partial charge in [-0.1, -0.05) is 0 Å². The lowest BCUT2D eigenvalue weighted by molar-refractivity contribution is 0.323. The van der Waals surface area contributed by atoms with E-state index in [4.69, 9.17) is 4.74 Å². The van der Waals surface area contributed by atoms with Crippen molar-refractivity contribution in [2.45, 2.75) is 36.2 Å². The standard InChI is InChI=1S/C22H22F2N4O3S/c1-31-16-5-7-18-19(12-25)22(28(21(18)9-16)15-3-2-4-15)20-8-6-17(13-26-20)32(29,30)27-14(10-23)11-24/h5-9,13-15,27H,2-4,10-11H2,1H3. The van der Waals surface area contributed by atoms with Gasteiger partial charge in [0.05, 0.1) is 35.6 Å². The number of aromatic nitrogens is 2. The number of nitriles is 1. The zero-order valence-corrected chi connectivity index (χ0v) is 18.2. The Bertz CT molecular complexity index is 1280. The molecule has 0 aliphatic heterocycles. The van der Waals surface area contributed by atoms with Crippen LogP contribution in [0.2, 0.25) is 0 Å². The average Bonchev–Trinajstić information content (AvgIpc) is 3.09. The summed E-state index contributed by atoms with van der Waals surface area (Å²) in [5, 5.41) is 10.7. The molecule has 1 N–H and O–H groups in total. The van der Waals surface area contributed by atoms with Crippen LogP contribution in [0.15, 0.2) is 41.4 Å². The minimum absolute atomic E-state index is 0.198. The van der Waals surface area contributed by atoms with E-state index in [1.807, 2.05) is 16.9 Å². The molecule has 10 heteroatoms. The Morgan fingerprint density at radius 2 is 2.03 bits per heavy atom. The number of ether oxygens (including phenoxy) is 1. The first kappa shape index (κ1) is 22.2. The van der Waals surface area contributed by atoms with Gasteiger partial charge in [-0.25, -0.2) is 21.9 Å². The fraction of sp³-hybridized carbons (Fsp3) is 0.364. The van der Waals surface area contributed by atoms with Gasteiger partial charge in [-0.05, 0) is 43.5 Å². The number of halogens is 2. The second-order valence-electron chi connectivity index (χ2n) is 7.68. The van der Waals surface area contributed by atoms with Crippen molar-refractivity contribution >= 4 is 20.9 Å². The lowest BCUT2D eigenvalue weighted by atomic mass is 9.92. The summed E-state index contributed by atoms with van der Waals surface area (Å²) in [6, 6.07) is 9.36. The highest BCUT2D eigenvalue weighted by molar-refractivity contribution is 7.89. The number of benzene rings is 1. The molecule has 4 rings (SSSR count). The highest BCUT2D eigenvalue weighted by atomic mass is 32.2. The Hall–Kier alpha value is -3.03. The van der Waals surface area contributed by atoms with Gasteiger partial charge >= 0.3 is 0 Å². The van der Waals surface area contributed by atoms with Crippen LogP contribution in [0.5, 0.6) is 5.75 Å². The summed E-state index contributed by atoms with van der Waals surface area (Å²) < 4.78 is 59.8. The molecule has 0 radical (unpaired) electrons. The predicted molar refractivity (Wildman–Crippen MR) is 115 cm³/mol. The number of alkyl halides is 2. The summed E-state index contributed by atoms with van der Waals surface area (Å²) in [5.41, 5.74) is 2.36. The average molecular weight is 461 g/mol. The van der Waals surface area contributed by atoms with Crippen molar-refractivity contribution in [1.82, 2.24) is 14.3 Å². The quantitative estimate of drug-likeness (QED) is 0.550. The summed E-state index contributed by atoms with van der Waals surface area (Å²) >= 11 is 0. The molecule has 1 saturated carbocycles. The van der Waals surface area contributed by atoms with E-state index < -0.39 is 29.4 Å². The van der Waals surface area contributed by atoms with Crippen molar-refractivity contribution in [2.75, 3.05) is 20.5 Å². The predicted octanol–water partition coefficient (Wildman–Crippen LogP) is 3.89. The van der Waals surface area contributed by atoms with Crippen molar-refractivity contribution < 1.29 is 21.9 Å². The second kappa shape index (κ2) is 8.84. The number of hydrogen-bond donors (Lipinski definition) is 1. The first-order valence-electron chi connectivity index (χ1n) is 10.2. The molecule has 1 aliphatic rings. The van der Waals surface area contributed by atoms with Crippen LogP contribution >= 0.6 is 0 Å². The maximum Gasteiger partial charge on any atom is 0.242 e. The van der Waals surface area contributed by atoms with Crippen LogP contribution in [0, 0.1) is 11.3 Å². The van der Waals surface area contributed by atoms with Crippen LogP contribution in [0.3, 0.4) is 0 Å². The smallest absolute Gasteiger partial charge is 0.242 e. The number of sulfonamides is 1. The van der Waals surface area contributed by atoms with Crippen LogP contribution in [-0.4, -0.2) is 44.5 Å². The monoisotopic (exact) mass is 460 g/mol. The molecule has 0 saturated heterocycles. The number of nitrogens with one attached hydrogen (secondary N) is 1. The molecule has 0 atom stereocenters. The number of nitrogens with zero attached hydrogens (tertiary/aromatic N) is 3. The summed E-state index contributed by atoms with van der Waals surface area (Å²) in [5.74, 6) is 0.669. The van der Waals surface area contributed by atoms with Gasteiger partial charge in [-0.15, -0.1) is 0 Å². The summed E-state index contributed by atoms with van der Waals surface area (Å²) in [4.78, 5) is 4.10. The lowest BCUT2D eigenvalue weighted by Gasteiger charge is -2.30. The molecule has 0 amide bonds. The molecule has 7 nitrogen and oxygen atoms in total. The molecule has 168 valence electrons. The van der Waals surface area contributed by atoms with Crippen LogP contribution < -0.4 is 9.46 Å². The molecule has 1 aliphatic carbocycles.